The van der Waals surface area contributed by atoms with Crippen molar-refractivity contribution in [3.05, 3.63) is 29.3 Å². The van der Waals surface area contributed by atoms with Gasteiger partial charge >= 0.3 is 11.9 Å². The summed E-state index contributed by atoms with van der Waals surface area (Å²) in [6, 6.07) is 3.20. The summed E-state index contributed by atoms with van der Waals surface area (Å²) >= 11 is 0. The van der Waals surface area contributed by atoms with E-state index >= 15 is 0 Å². The zero-order valence-corrected chi connectivity index (χ0v) is 14.4. The molecule has 11 heteroatoms. The van der Waals surface area contributed by atoms with Gasteiger partial charge in [0.05, 0.1) is 43.5 Å². The number of ether oxygens (including phenoxy) is 2. The lowest BCUT2D eigenvalue weighted by Gasteiger charge is -2.22. The summed E-state index contributed by atoms with van der Waals surface area (Å²) < 4.78 is 56.5. The Kier molecular flexibility index (Phi) is 5.38. The summed E-state index contributed by atoms with van der Waals surface area (Å²) in [4.78, 5) is 23.4. The molecule has 0 aliphatic heterocycles. The Balaban J connectivity index is 3.81. The van der Waals surface area contributed by atoms with E-state index < -0.39 is 37.7 Å². The highest BCUT2D eigenvalue weighted by atomic mass is 32.3. The number of nitrogens with zero attached hydrogens (tertiary/aromatic N) is 1. The zero-order valence-electron chi connectivity index (χ0n) is 12.8. The van der Waals surface area contributed by atoms with Gasteiger partial charge in [0.15, 0.2) is 0 Å². The number of hydrogen-bond donors (Lipinski definition) is 0. The Morgan fingerprint density at radius 2 is 1.39 bits per heavy atom. The summed E-state index contributed by atoms with van der Waals surface area (Å²) in [6.07, 6.45) is 1.31. The highest BCUT2D eigenvalue weighted by Gasteiger charge is 2.32. The number of anilines is 1. The highest BCUT2D eigenvalue weighted by molar-refractivity contribution is 8.09. The molecule has 0 bridgehead atoms. The third-order valence-corrected chi connectivity index (χ3v) is 5.85. The minimum absolute atomic E-state index is 0.0543. The van der Waals surface area contributed by atoms with Crippen molar-refractivity contribution in [2.45, 2.75) is 0 Å². The quantitative estimate of drug-likeness (QED) is 0.667. The van der Waals surface area contributed by atoms with Crippen LogP contribution in [-0.4, -0.2) is 55.5 Å². The van der Waals surface area contributed by atoms with Crippen molar-refractivity contribution in [1.29, 1.82) is 0 Å². The van der Waals surface area contributed by atoms with Gasteiger partial charge in [-0.15, -0.1) is 0 Å². The first-order valence-electron chi connectivity index (χ1n) is 5.94. The maximum atomic E-state index is 11.9. The first kappa shape index (κ1) is 18.9. The number of benzene rings is 1. The van der Waals surface area contributed by atoms with Crippen molar-refractivity contribution in [3.63, 3.8) is 0 Å². The summed E-state index contributed by atoms with van der Waals surface area (Å²) in [5.74, 6) is -1.79. The topological polar surface area (TPSA) is 124 Å². The average Bonchev–Trinajstić information content (AvgIpc) is 2.42. The Morgan fingerprint density at radius 1 is 0.913 bits per heavy atom. The second-order valence-electron chi connectivity index (χ2n) is 4.44. The van der Waals surface area contributed by atoms with Crippen molar-refractivity contribution in [3.8, 4) is 0 Å². The predicted molar refractivity (Wildman–Crippen MR) is 81.3 cm³/mol. The van der Waals surface area contributed by atoms with E-state index in [1.54, 1.807) is 0 Å². The molecule has 0 aromatic heterocycles. The molecule has 0 heterocycles. The van der Waals surface area contributed by atoms with Gasteiger partial charge in [0.25, 0.3) is 0 Å². The molecule has 9 nitrogen and oxygen atoms in total. The van der Waals surface area contributed by atoms with E-state index in [0.29, 0.717) is 12.5 Å². The fourth-order valence-electron chi connectivity index (χ4n) is 1.81. The van der Waals surface area contributed by atoms with Gasteiger partial charge in [-0.05, 0) is 18.2 Å². The molecule has 0 aliphatic carbocycles. The van der Waals surface area contributed by atoms with E-state index in [9.17, 15) is 26.4 Å². The summed E-state index contributed by atoms with van der Waals surface area (Å²) in [5, 5.41) is 0. The lowest BCUT2D eigenvalue weighted by atomic mass is 10.1. The highest BCUT2D eigenvalue weighted by Crippen LogP contribution is 2.28. The predicted octanol–water partition coefficient (Wildman–Crippen LogP) is -0.0146. The van der Waals surface area contributed by atoms with E-state index in [1.165, 1.54) is 6.07 Å². The monoisotopic (exact) mass is 365 g/mol. The van der Waals surface area contributed by atoms with Gasteiger partial charge in [-0.1, -0.05) is 0 Å². The van der Waals surface area contributed by atoms with Crippen molar-refractivity contribution in [2.24, 2.45) is 0 Å². The Morgan fingerprint density at radius 3 is 1.78 bits per heavy atom. The normalized spacial score (nSPS) is 11.7. The van der Waals surface area contributed by atoms with Gasteiger partial charge in [-0.25, -0.2) is 26.4 Å². The molecule has 1 aromatic carbocycles. The lowest BCUT2D eigenvalue weighted by molar-refractivity contribution is 0.0587. The number of methoxy groups -OCH3 is 2. The number of carbonyl (C=O) groups excluding carboxylic acids is 2. The van der Waals surface area contributed by atoms with Crippen molar-refractivity contribution < 1.29 is 35.9 Å². The molecule has 128 valence electrons. The van der Waals surface area contributed by atoms with Gasteiger partial charge < -0.3 is 9.47 Å². The molecular weight excluding hydrogens is 350 g/mol. The van der Waals surface area contributed by atoms with Crippen molar-refractivity contribution >= 4 is 37.7 Å². The molecule has 23 heavy (non-hydrogen) atoms. The smallest absolute Gasteiger partial charge is 0.340 e. The third-order valence-electron chi connectivity index (χ3n) is 2.62. The van der Waals surface area contributed by atoms with Crippen LogP contribution in [0.25, 0.3) is 0 Å². The van der Waals surface area contributed by atoms with Crippen LogP contribution in [0.1, 0.15) is 20.7 Å². The van der Waals surface area contributed by atoms with Crippen LogP contribution in [-0.2, 0) is 29.5 Å². The number of rotatable bonds is 5. The molecular formula is C12H15NO8S2. The van der Waals surface area contributed by atoms with Crippen LogP contribution in [0.5, 0.6) is 0 Å². The van der Waals surface area contributed by atoms with Gasteiger partial charge in [-0.3, -0.25) is 0 Å². The second kappa shape index (κ2) is 6.54. The maximum absolute atomic E-state index is 11.9. The standard InChI is InChI=1S/C12H15NO8S2/c1-20-11(14)8-5-6-9(12(15)21-2)10(7-8)13(22(3,16)17)23(4,18)19/h5-7H,1-4H3. The molecule has 1 rings (SSSR count). The second-order valence-corrected chi connectivity index (χ2v) is 8.33. The summed E-state index contributed by atoms with van der Waals surface area (Å²) in [7, 11) is -6.46. The first-order valence-corrected chi connectivity index (χ1v) is 9.64. The number of carbonyl (C=O) groups is 2. The fourth-order valence-corrected chi connectivity index (χ4v) is 4.80. The SMILES string of the molecule is COC(=O)c1ccc(C(=O)OC)c(N(S(C)(=O)=O)S(C)(=O)=O)c1. The summed E-state index contributed by atoms with van der Waals surface area (Å²) in [5.41, 5.74) is -0.992. The molecule has 0 amide bonds. The van der Waals surface area contributed by atoms with Crippen LogP contribution < -0.4 is 3.71 Å². The van der Waals surface area contributed by atoms with E-state index in [0.717, 1.165) is 26.4 Å². The number of sulfonamides is 2. The van der Waals surface area contributed by atoms with Crippen LogP contribution in [0, 0.1) is 0 Å². The minimum Gasteiger partial charge on any atom is -0.465 e. The molecule has 0 unspecified atom stereocenters. The molecule has 0 saturated carbocycles. The van der Waals surface area contributed by atoms with Gasteiger partial charge in [0.2, 0.25) is 20.0 Å². The molecule has 0 N–H and O–H groups in total. The molecule has 0 aliphatic rings. The van der Waals surface area contributed by atoms with Crippen molar-refractivity contribution in [1.82, 2.24) is 0 Å². The van der Waals surface area contributed by atoms with Crippen LogP contribution in [0.2, 0.25) is 0 Å². The maximum Gasteiger partial charge on any atom is 0.340 e. The average molecular weight is 365 g/mol. The lowest BCUT2D eigenvalue weighted by Crippen LogP contribution is -2.36. The summed E-state index contributed by atoms with van der Waals surface area (Å²) in [6.45, 7) is 0. The zero-order chi connectivity index (χ0) is 18.0. The Labute approximate surface area is 133 Å². The molecule has 0 fully saturated rings. The van der Waals surface area contributed by atoms with Gasteiger partial charge in [-0.2, -0.15) is 3.71 Å². The Hall–Kier alpha value is -2.14. The van der Waals surface area contributed by atoms with E-state index in [-0.39, 0.29) is 14.8 Å². The molecule has 0 atom stereocenters. The minimum atomic E-state index is -4.30. The van der Waals surface area contributed by atoms with E-state index in [1.807, 2.05) is 0 Å². The van der Waals surface area contributed by atoms with E-state index in [2.05, 4.69) is 9.47 Å². The fraction of sp³-hybridized carbons (Fsp3) is 0.333. The Bertz CT molecular complexity index is 810. The van der Waals surface area contributed by atoms with Crippen LogP contribution in [0.3, 0.4) is 0 Å². The van der Waals surface area contributed by atoms with Gasteiger partial charge in [0, 0.05) is 0 Å². The van der Waals surface area contributed by atoms with Crippen LogP contribution in [0.4, 0.5) is 5.69 Å². The van der Waals surface area contributed by atoms with Crippen LogP contribution >= 0.6 is 0 Å². The molecule has 1 aromatic rings. The molecule has 0 saturated heterocycles. The van der Waals surface area contributed by atoms with Crippen molar-refractivity contribution in [2.75, 3.05) is 30.4 Å². The number of hydrogen-bond acceptors (Lipinski definition) is 8. The third kappa shape index (κ3) is 4.20. The molecule has 0 radical (unpaired) electrons. The number of esters is 2. The largest absolute Gasteiger partial charge is 0.465 e. The van der Waals surface area contributed by atoms with Gasteiger partial charge in [0.1, 0.15) is 0 Å². The first-order chi connectivity index (χ1) is 10.4. The van der Waals surface area contributed by atoms with E-state index in [4.69, 9.17) is 0 Å². The molecule has 0 spiro atoms. The van der Waals surface area contributed by atoms with Crippen LogP contribution in [0.15, 0.2) is 18.2 Å².